The monoisotopic (exact) mass is 403 g/mol. The lowest BCUT2D eigenvalue weighted by molar-refractivity contribution is 0.0600. The number of hydrogen-bond acceptors (Lipinski definition) is 5. The first-order chi connectivity index (χ1) is 14.5. The van der Waals surface area contributed by atoms with Crippen molar-refractivity contribution in [2.75, 3.05) is 14.2 Å². The van der Waals surface area contributed by atoms with Crippen molar-refractivity contribution < 1.29 is 14.3 Å². The van der Waals surface area contributed by atoms with Gasteiger partial charge in [0.1, 0.15) is 17.0 Å². The number of esters is 1. The van der Waals surface area contributed by atoms with Gasteiger partial charge >= 0.3 is 5.97 Å². The Balaban J connectivity index is 1.90. The van der Waals surface area contributed by atoms with Gasteiger partial charge in [0.25, 0.3) is 5.56 Å². The number of benzene rings is 2. The zero-order valence-corrected chi connectivity index (χ0v) is 16.9. The molecule has 30 heavy (non-hydrogen) atoms. The molecule has 7 nitrogen and oxygen atoms in total. The van der Waals surface area contributed by atoms with E-state index in [1.54, 1.807) is 43.8 Å². The highest BCUT2D eigenvalue weighted by Gasteiger charge is 2.26. The Morgan fingerprint density at radius 1 is 1.00 bits per heavy atom. The fourth-order valence-electron chi connectivity index (χ4n) is 3.41. The molecule has 2 heterocycles. The first-order valence-electron chi connectivity index (χ1n) is 9.45. The third-order valence-electron chi connectivity index (χ3n) is 5.14. The summed E-state index contributed by atoms with van der Waals surface area (Å²) in [5, 5.41) is 4.43. The Labute approximate surface area is 173 Å². The Morgan fingerprint density at radius 3 is 2.33 bits per heavy atom. The summed E-state index contributed by atoms with van der Waals surface area (Å²) in [6.45, 7) is 2.00. The van der Waals surface area contributed by atoms with Gasteiger partial charge in [-0.3, -0.25) is 4.79 Å². The van der Waals surface area contributed by atoms with E-state index in [1.165, 1.54) is 11.8 Å². The Bertz CT molecular complexity index is 1210. The van der Waals surface area contributed by atoms with Crippen LogP contribution in [0.1, 0.15) is 28.9 Å². The van der Waals surface area contributed by atoms with Crippen molar-refractivity contribution in [2.24, 2.45) is 0 Å². The Hall–Kier alpha value is -3.87. The van der Waals surface area contributed by atoms with E-state index in [0.717, 1.165) is 5.56 Å². The molecule has 0 aliphatic carbocycles. The minimum Gasteiger partial charge on any atom is -0.497 e. The van der Waals surface area contributed by atoms with E-state index in [0.29, 0.717) is 22.7 Å². The number of nitrogens with zero attached hydrogens (tertiary/aromatic N) is 3. The number of ether oxygens (including phenoxy) is 2. The molecule has 0 bridgehead atoms. The average Bonchev–Trinajstić information content (AvgIpc) is 3.14. The van der Waals surface area contributed by atoms with Crippen LogP contribution < -0.4 is 10.3 Å². The first kappa shape index (κ1) is 19.4. The molecule has 7 heteroatoms. The van der Waals surface area contributed by atoms with Crippen LogP contribution in [-0.2, 0) is 4.74 Å². The molecule has 1 atom stereocenters. The normalized spacial score (nSPS) is 12.0. The van der Waals surface area contributed by atoms with Crippen molar-refractivity contribution in [2.45, 2.75) is 13.0 Å². The topological polar surface area (TPSA) is 75.3 Å². The summed E-state index contributed by atoms with van der Waals surface area (Å²) in [7, 11) is 2.89. The summed E-state index contributed by atoms with van der Waals surface area (Å²) in [4.78, 5) is 25.6. The maximum atomic E-state index is 13.2. The van der Waals surface area contributed by atoms with Gasteiger partial charge in [-0.1, -0.05) is 30.3 Å². The number of methoxy groups -OCH3 is 2. The molecule has 2 aromatic carbocycles. The van der Waals surface area contributed by atoms with E-state index < -0.39 is 5.97 Å². The van der Waals surface area contributed by atoms with E-state index in [2.05, 4.69) is 5.10 Å². The van der Waals surface area contributed by atoms with E-state index in [9.17, 15) is 9.59 Å². The molecule has 1 unspecified atom stereocenters. The van der Waals surface area contributed by atoms with Gasteiger partial charge < -0.3 is 14.0 Å². The highest BCUT2D eigenvalue weighted by Crippen LogP contribution is 2.27. The molecule has 2 aliphatic heterocycles. The molecule has 2 aliphatic rings. The van der Waals surface area contributed by atoms with Crippen molar-refractivity contribution in [3.63, 3.8) is 0 Å². The van der Waals surface area contributed by atoms with Gasteiger partial charge in [0.2, 0.25) is 0 Å². The quantitative estimate of drug-likeness (QED) is 0.477. The molecule has 0 saturated carbocycles. The average molecular weight is 403 g/mol. The maximum absolute atomic E-state index is 13.2. The van der Waals surface area contributed by atoms with Crippen LogP contribution >= 0.6 is 0 Å². The molecule has 2 aromatic rings. The second-order valence-corrected chi connectivity index (χ2v) is 6.87. The second kappa shape index (κ2) is 7.87. The van der Waals surface area contributed by atoms with Gasteiger partial charge in [-0.15, -0.1) is 0 Å². The van der Waals surface area contributed by atoms with Gasteiger partial charge in [0.05, 0.1) is 31.5 Å². The van der Waals surface area contributed by atoms with Gasteiger partial charge in [0.15, 0.2) is 0 Å². The lowest BCUT2D eigenvalue weighted by Crippen LogP contribution is -2.17. The summed E-state index contributed by atoms with van der Waals surface area (Å²) < 4.78 is 13.2. The lowest BCUT2D eigenvalue weighted by atomic mass is 10.1. The van der Waals surface area contributed by atoms with Crippen molar-refractivity contribution in [1.82, 2.24) is 14.3 Å². The minimum atomic E-state index is -0.547. The maximum Gasteiger partial charge on any atom is 0.341 e. The van der Waals surface area contributed by atoms with Gasteiger partial charge in [-0.25, -0.2) is 4.79 Å². The van der Waals surface area contributed by atoms with Crippen LogP contribution in [0.15, 0.2) is 71.8 Å². The van der Waals surface area contributed by atoms with Crippen molar-refractivity contribution >= 4 is 5.97 Å². The van der Waals surface area contributed by atoms with Crippen molar-refractivity contribution in [3.8, 4) is 22.7 Å². The summed E-state index contributed by atoms with van der Waals surface area (Å²) in [5.41, 5.74) is 2.20. The largest absolute Gasteiger partial charge is 0.497 e. The zero-order valence-electron chi connectivity index (χ0n) is 16.9. The van der Waals surface area contributed by atoms with E-state index in [-0.39, 0.29) is 17.2 Å². The van der Waals surface area contributed by atoms with Crippen molar-refractivity contribution in [1.29, 1.82) is 0 Å². The van der Waals surface area contributed by atoms with Crippen LogP contribution in [0.4, 0.5) is 0 Å². The van der Waals surface area contributed by atoms with E-state index in [1.807, 2.05) is 41.8 Å². The molecule has 0 spiro atoms. The molecular weight excluding hydrogens is 382 g/mol. The predicted octanol–water partition coefficient (Wildman–Crippen LogP) is 3.54. The van der Waals surface area contributed by atoms with Gasteiger partial charge in [-0.2, -0.15) is 9.78 Å². The number of aromatic nitrogens is 3. The number of carbonyl (C=O) groups is 1. The van der Waals surface area contributed by atoms with E-state index >= 15 is 0 Å². The van der Waals surface area contributed by atoms with Crippen LogP contribution in [0.5, 0.6) is 5.75 Å². The predicted molar refractivity (Wildman–Crippen MR) is 113 cm³/mol. The minimum absolute atomic E-state index is 0.0947. The molecule has 0 aromatic heterocycles. The molecule has 0 amide bonds. The molecule has 0 N–H and O–H groups in total. The summed E-state index contributed by atoms with van der Waals surface area (Å²) in [6, 6.07) is 16.7. The molecular formula is C23H21N3O4. The summed E-state index contributed by atoms with van der Waals surface area (Å²) in [6.07, 6.45) is 3.41. The molecule has 152 valence electrons. The van der Waals surface area contributed by atoms with Crippen LogP contribution in [0, 0.1) is 0 Å². The number of hydrogen-bond donors (Lipinski definition) is 0. The summed E-state index contributed by atoms with van der Waals surface area (Å²) >= 11 is 0. The fraction of sp³-hybridized carbons (Fsp3) is 0.174. The SMILES string of the molecule is COC(=O)c1cn(C(C)c2ccccc2)cc2c(=O)n(-c3ccc(OC)cc3)nc1-2. The standard InChI is InChI=1S/C23H21N3O4/c1-15(16-7-5-4-6-8-16)25-13-19-21(20(14-25)23(28)30-3)24-26(22(19)27)17-9-11-18(29-2)12-10-17/h4-15H,1-3H3. The van der Waals surface area contributed by atoms with Gasteiger partial charge in [-0.05, 0) is 36.8 Å². The lowest BCUT2D eigenvalue weighted by Gasteiger charge is -2.19. The molecule has 0 radical (unpaired) electrons. The van der Waals surface area contributed by atoms with Crippen molar-refractivity contribution in [3.05, 3.63) is 88.5 Å². The smallest absolute Gasteiger partial charge is 0.341 e. The van der Waals surface area contributed by atoms with Crippen LogP contribution in [0.3, 0.4) is 0 Å². The number of rotatable bonds is 5. The number of carbonyl (C=O) groups excluding carboxylic acids is 1. The number of pyridine rings is 1. The Morgan fingerprint density at radius 2 is 1.70 bits per heavy atom. The third-order valence-corrected chi connectivity index (χ3v) is 5.14. The Kier molecular flexibility index (Phi) is 5.10. The summed E-state index contributed by atoms with van der Waals surface area (Å²) in [5.74, 6) is 0.127. The third kappa shape index (κ3) is 3.34. The molecule has 4 rings (SSSR count). The van der Waals surface area contributed by atoms with Crippen LogP contribution in [0.25, 0.3) is 16.9 Å². The van der Waals surface area contributed by atoms with Crippen LogP contribution in [0.2, 0.25) is 0 Å². The fourth-order valence-corrected chi connectivity index (χ4v) is 3.41. The molecule has 0 fully saturated rings. The van der Waals surface area contributed by atoms with Crippen LogP contribution in [-0.4, -0.2) is 34.5 Å². The highest BCUT2D eigenvalue weighted by molar-refractivity contribution is 5.96. The van der Waals surface area contributed by atoms with E-state index in [4.69, 9.17) is 9.47 Å². The first-order valence-corrected chi connectivity index (χ1v) is 9.45. The zero-order chi connectivity index (χ0) is 21.3. The molecule has 0 saturated heterocycles. The second-order valence-electron chi connectivity index (χ2n) is 6.87. The van der Waals surface area contributed by atoms with Gasteiger partial charge in [0, 0.05) is 12.4 Å². The highest BCUT2D eigenvalue weighted by atomic mass is 16.5. The number of fused-ring (bicyclic) bond motifs is 1.